The van der Waals surface area contributed by atoms with Gasteiger partial charge in [-0.25, -0.2) is 0 Å². The van der Waals surface area contributed by atoms with Gasteiger partial charge in [0.15, 0.2) is 0 Å². The number of carbonyl (C=O) groups is 2. The maximum Gasteiger partial charge on any atom is 0.255 e. The van der Waals surface area contributed by atoms with E-state index in [1.165, 1.54) is 12.5 Å². The number of likely N-dealkylation sites (tertiary alicyclic amines) is 1. The molecular formula is C16H25N3O3. The minimum atomic E-state index is -0.517. The van der Waals surface area contributed by atoms with Crippen LogP contribution in [0.2, 0.25) is 0 Å². The average molecular weight is 307 g/mol. The molecule has 6 nitrogen and oxygen atoms in total. The zero-order valence-corrected chi connectivity index (χ0v) is 13.3. The van der Waals surface area contributed by atoms with E-state index in [0.717, 1.165) is 38.9 Å². The predicted molar refractivity (Wildman–Crippen MR) is 83.5 cm³/mol. The van der Waals surface area contributed by atoms with Gasteiger partial charge in [-0.15, -0.1) is 0 Å². The Morgan fingerprint density at radius 1 is 1.41 bits per heavy atom. The van der Waals surface area contributed by atoms with Gasteiger partial charge in [-0.05, 0) is 51.8 Å². The van der Waals surface area contributed by atoms with Crippen molar-refractivity contribution in [2.24, 2.45) is 5.92 Å². The molecule has 0 aromatic carbocycles. The van der Waals surface area contributed by atoms with Crippen LogP contribution in [0, 0.1) is 5.92 Å². The van der Waals surface area contributed by atoms with Crippen LogP contribution < -0.4 is 10.6 Å². The van der Waals surface area contributed by atoms with Crippen molar-refractivity contribution in [2.45, 2.75) is 32.2 Å². The molecule has 2 rings (SSSR count). The molecule has 2 amide bonds. The second-order valence-electron chi connectivity index (χ2n) is 5.87. The number of furan rings is 1. The zero-order valence-electron chi connectivity index (χ0n) is 13.3. The van der Waals surface area contributed by atoms with E-state index >= 15 is 0 Å². The third kappa shape index (κ3) is 4.34. The lowest BCUT2D eigenvalue weighted by Gasteiger charge is -2.33. The number of rotatable bonds is 6. The lowest BCUT2D eigenvalue weighted by atomic mass is 9.93. The van der Waals surface area contributed by atoms with Crippen molar-refractivity contribution in [3.05, 3.63) is 24.2 Å². The number of nitrogens with zero attached hydrogens (tertiary/aromatic N) is 1. The standard InChI is InChI=1S/C16H25N3O3/c1-12(18-15(20)14-6-10-22-11-14)16(21)19-8-4-13(5-9-19)3-7-17-2/h6,10-13,17H,3-5,7-9H2,1-2H3,(H,18,20). The lowest BCUT2D eigenvalue weighted by Crippen LogP contribution is -2.49. The van der Waals surface area contributed by atoms with Crippen molar-refractivity contribution < 1.29 is 14.0 Å². The van der Waals surface area contributed by atoms with Gasteiger partial charge in [0, 0.05) is 13.1 Å². The third-order valence-corrected chi connectivity index (χ3v) is 4.23. The highest BCUT2D eigenvalue weighted by molar-refractivity contribution is 5.97. The van der Waals surface area contributed by atoms with Crippen molar-refractivity contribution in [3.8, 4) is 0 Å². The highest BCUT2D eigenvalue weighted by Crippen LogP contribution is 2.20. The van der Waals surface area contributed by atoms with E-state index in [9.17, 15) is 9.59 Å². The number of nitrogens with one attached hydrogen (secondary N) is 2. The summed E-state index contributed by atoms with van der Waals surface area (Å²) in [5.74, 6) is 0.398. The molecule has 2 heterocycles. The fourth-order valence-electron chi connectivity index (χ4n) is 2.80. The molecule has 0 bridgehead atoms. The Morgan fingerprint density at radius 2 is 2.14 bits per heavy atom. The van der Waals surface area contributed by atoms with Gasteiger partial charge >= 0.3 is 0 Å². The van der Waals surface area contributed by atoms with Crippen LogP contribution in [0.15, 0.2) is 23.0 Å². The summed E-state index contributed by atoms with van der Waals surface area (Å²) in [5.41, 5.74) is 0.436. The summed E-state index contributed by atoms with van der Waals surface area (Å²) in [5, 5.41) is 5.89. The van der Waals surface area contributed by atoms with Gasteiger partial charge in [0.25, 0.3) is 5.91 Å². The second-order valence-corrected chi connectivity index (χ2v) is 5.87. The van der Waals surface area contributed by atoms with E-state index < -0.39 is 6.04 Å². The highest BCUT2D eigenvalue weighted by atomic mass is 16.3. The Balaban J connectivity index is 1.78. The molecule has 0 aliphatic carbocycles. The SMILES string of the molecule is CNCCC1CCN(C(=O)C(C)NC(=O)c2ccoc2)CC1. The second kappa shape index (κ2) is 7.98. The molecule has 0 saturated carbocycles. The Labute approximate surface area is 131 Å². The van der Waals surface area contributed by atoms with Crippen LogP contribution in [-0.2, 0) is 4.79 Å². The van der Waals surface area contributed by atoms with Gasteiger partial charge in [-0.2, -0.15) is 0 Å². The summed E-state index contributed by atoms with van der Waals surface area (Å²) in [6.07, 6.45) is 6.05. The van der Waals surface area contributed by atoms with Gasteiger partial charge in [0.05, 0.1) is 11.8 Å². The lowest BCUT2D eigenvalue weighted by molar-refractivity contribution is -0.134. The topological polar surface area (TPSA) is 74.6 Å². The molecule has 1 unspecified atom stereocenters. The van der Waals surface area contributed by atoms with Gasteiger partial charge in [-0.1, -0.05) is 0 Å². The van der Waals surface area contributed by atoms with Crippen molar-refractivity contribution in [1.29, 1.82) is 0 Å². The van der Waals surface area contributed by atoms with Crippen LogP contribution in [-0.4, -0.2) is 49.4 Å². The number of amides is 2. The monoisotopic (exact) mass is 307 g/mol. The van der Waals surface area contributed by atoms with Crippen molar-refractivity contribution >= 4 is 11.8 Å². The Morgan fingerprint density at radius 3 is 2.73 bits per heavy atom. The minimum Gasteiger partial charge on any atom is -0.472 e. The van der Waals surface area contributed by atoms with Gasteiger partial charge in [0.1, 0.15) is 12.3 Å². The predicted octanol–water partition coefficient (Wildman–Crippen LogP) is 1.25. The number of hydrogen-bond donors (Lipinski definition) is 2. The van der Waals surface area contributed by atoms with Crippen LogP contribution in [0.3, 0.4) is 0 Å². The summed E-state index contributed by atoms with van der Waals surface area (Å²) >= 11 is 0. The Bertz CT molecular complexity index is 479. The van der Waals surface area contributed by atoms with E-state index in [2.05, 4.69) is 10.6 Å². The van der Waals surface area contributed by atoms with E-state index in [4.69, 9.17) is 4.42 Å². The number of carbonyl (C=O) groups excluding carboxylic acids is 2. The minimum absolute atomic E-state index is 0.0103. The first-order valence-electron chi connectivity index (χ1n) is 7.88. The molecule has 22 heavy (non-hydrogen) atoms. The first-order chi connectivity index (χ1) is 10.6. The normalized spacial score (nSPS) is 17.3. The van der Waals surface area contributed by atoms with Crippen LogP contribution in [0.25, 0.3) is 0 Å². The highest BCUT2D eigenvalue weighted by Gasteiger charge is 2.26. The van der Waals surface area contributed by atoms with Crippen LogP contribution >= 0.6 is 0 Å². The third-order valence-electron chi connectivity index (χ3n) is 4.23. The first-order valence-corrected chi connectivity index (χ1v) is 7.88. The molecular weight excluding hydrogens is 282 g/mol. The van der Waals surface area contributed by atoms with Crippen LogP contribution in [0.1, 0.15) is 36.5 Å². The van der Waals surface area contributed by atoms with Crippen LogP contribution in [0.4, 0.5) is 0 Å². The van der Waals surface area contributed by atoms with E-state index in [1.807, 2.05) is 11.9 Å². The summed E-state index contributed by atoms with van der Waals surface area (Å²) in [7, 11) is 1.96. The molecule has 1 fully saturated rings. The van der Waals surface area contributed by atoms with Crippen molar-refractivity contribution in [3.63, 3.8) is 0 Å². The smallest absolute Gasteiger partial charge is 0.255 e. The summed E-state index contributed by atoms with van der Waals surface area (Å²) in [6, 6.07) is 1.07. The van der Waals surface area contributed by atoms with Crippen molar-refractivity contribution in [1.82, 2.24) is 15.5 Å². The number of piperidine rings is 1. The molecule has 122 valence electrons. The van der Waals surface area contributed by atoms with Gasteiger partial charge in [0.2, 0.25) is 5.91 Å². The molecule has 1 atom stereocenters. The molecule has 1 aliphatic heterocycles. The molecule has 0 spiro atoms. The molecule has 1 saturated heterocycles. The molecule has 2 N–H and O–H groups in total. The Hall–Kier alpha value is -1.82. The summed E-state index contributed by atoms with van der Waals surface area (Å²) in [6.45, 7) is 4.31. The fraction of sp³-hybridized carbons (Fsp3) is 0.625. The first kappa shape index (κ1) is 16.5. The van der Waals surface area contributed by atoms with Crippen molar-refractivity contribution in [2.75, 3.05) is 26.7 Å². The molecule has 0 radical (unpaired) electrons. The van der Waals surface area contributed by atoms with E-state index in [-0.39, 0.29) is 11.8 Å². The quantitative estimate of drug-likeness (QED) is 0.829. The molecule has 1 aromatic rings. The average Bonchev–Trinajstić information content (AvgIpc) is 3.07. The van der Waals surface area contributed by atoms with Crippen LogP contribution in [0.5, 0.6) is 0 Å². The van der Waals surface area contributed by atoms with E-state index in [1.54, 1.807) is 13.0 Å². The maximum absolute atomic E-state index is 12.4. The summed E-state index contributed by atoms with van der Waals surface area (Å²) < 4.78 is 4.88. The zero-order chi connectivity index (χ0) is 15.9. The largest absolute Gasteiger partial charge is 0.472 e. The molecule has 1 aromatic heterocycles. The van der Waals surface area contributed by atoms with Gasteiger partial charge < -0.3 is 20.0 Å². The Kier molecular flexibility index (Phi) is 6.00. The molecule has 6 heteroatoms. The summed E-state index contributed by atoms with van der Waals surface area (Å²) in [4.78, 5) is 26.2. The number of hydrogen-bond acceptors (Lipinski definition) is 4. The van der Waals surface area contributed by atoms with Gasteiger partial charge in [-0.3, -0.25) is 9.59 Å². The van der Waals surface area contributed by atoms with E-state index in [0.29, 0.717) is 11.5 Å². The maximum atomic E-state index is 12.4. The fourth-order valence-corrected chi connectivity index (χ4v) is 2.80. The molecule has 1 aliphatic rings.